The number of nitrogens with one attached hydrogen (secondary N) is 1. The first-order chi connectivity index (χ1) is 8.63. The maximum absolute atomic E-state index is 14.2. The molecule has 0 aliphatic carbocycles. The molecule has 2 aliphatic rings. The molecular formula is C12H16F2N4. The lowest BCUT2D eigenvalue weighted by Crippen LogP contribution is -2.55. The van der Waals surface area contributed by atoms with Gasteiger partial charge in [0.15, 0.2) is 0 Å². The highest BCUT2D eigenvalue weighted by molar-refractivity contribution is 5.38. The van der Waals surface area contributed by atoms with Gasteiger partial charge in [-0.15, -0.1) is 0 Å². The van der Waals surface area contributed by atoms with Crippen molar-refractivity contribution in [2.45, 2.75) is 18.8 Å². The van der Waals surface area contributed by atoms with Crippen LogP contribution in [0, 0.1) is 5.41 Å². The van der Waals surface area contributed by atoms with Gasteiger partial charge < -0.3 is 10.2 Å². The molecule has 98 valence electrons. The van der Waals surface area contributed by atoms with Crippen LogP contribution in [0.2, 0.25) is 0 Å². The lowest BCUT2D eigenvalue weighted by Gasteiger charge is -2.41. The van der Waals surface area contributed by atoms with Crippen LogP contribution in [0.3, 0.4) is 0 Å². The maximum atomic E-state index is 14.2. The van der Waals surface area contributed by atoms with Gasteiger partial charge in [0.2, 0.25) is 0 Å². The zero-order valence-corrected chi connectivity index (χ0v) is 10.1. The molecule has 1 unspecified atom stereocenters. The largest absolute Gasteiger partial charge is 0.354 e. The van der Waals surface area contributed by atoms with Crippen LogP contribution in [-0.2, 0) is 0 Å². The number of hydrogen-bond donors (Lipinski definition) is 1. The van der Waals surface area contributed by atoms with Crippen molar-refractivity contribution >= 4 is 5.82 Å². The molecule has 1 N–H and O–H groups in total. The average Bonchev–Trinajstić information content (AvgIpc) is 2.81. The molecule has 3 heterocycles. The first kappa shape index (κ1) is 11.8. The fourth-order valence-electron chi connectivity index (χ4n) is 2.93. The lowest BCUT2D eigenvalue weighted by molar-refractivity contribution is -0.131. The van der Waals surface area contributed by atoms with E-state index in [4.69, 9.17) is 0 Å². The third-order valence-corrected chi connectivity index (χ3v) is 4.08. The number of piperidine rings is 1. The standard InChI is InChI=1S/C12H16F2N4/c13-12(14)1-3-16-8-11(12)2-6-18(9-11)10-7-15-4-5-17-10/h4-5,7,16H,1-3,6,8-9H2. The average molecular weight is 254 g/mol. The molecule has 1 spiro atoms. The summed E-state index contributed by atoms with van der Waals surface area (Å²) in [5, 5.41) is 3.10. The summed E-state index contributed by atoms with van der Waals surface area (Å²) in [7, 11) is 0. The minimum atomic E-state index is -2.59. The van der Waals surface area contributed by atoms with Crippen LogP contribution < -0.4 is 10.2 Å². The van der Waals surface area contributed by atoms with Crippen LogP contribution in [0.25, 0.3) is 0 Å². The van der Waals surface area contributed by atoms with E-state index in [2.05, 4.69) is 15.3 Å². The summed E-state index contributed by atoms with van der Waals surface area (Å²) < 4.78 is 28.3. The number of rotatable bonds is 1. The Morgan fingerprint density at radius 2 is 2.17 bits per heavy atom. The van der Waals surface area contributed by atoms with E-state index in [0.29, 0.717) is 38.4 Å². The molecule has 18 heavy (non-hydrogen) atoms. The molecule has 3 rings (SSSR count). The molecule has 4 nitrogen and oxygen atoms in total. The summed E-state index contributed by atoms with van der Waals surface area (Å²) in [5.74, 6) is -1.90. The van der Waals surface area contributed by atoms with Gasteiger partial charge in [-0.1, -0.05) is 0 Å². The number of halogens is 2. The van der Waals surface area contributed by atoms with Crippen LogP contribution in [0.1, 0.15) is 12.8 Å². The van der Waals surface area contributed by atoms with E-state index in [-0.39, 0.29) is 6.42 Å². The Bertz CT molecular complexity index is 425. The van der Waals surface area contributed by atoms with Gasteiger partial charge in [0.25, 0.3) is 5.92 Å². The molecule has 0 bridgehead atoms. The molecule has 2 saturated heterocycles. The fraction of sp³-hybridized carbons (Fsp3) is 0.667. The van der Waals surface area contributed by atoms with E-state index in [1.165, 1.54) is 0 Å². The van der Waals surface area contributed by atoms with E-state index >= 15 is 0 Å². The molecule has 0 radical (unpaired) electrons. The highest BCUT2D eigenvalue weighted by Crippen LogP contribution is 2.48. The predicted octanol–water partition coefficient (Wildman–Crippen LogP) is 1.30. The fourth-order valence-corrected chi connectivity index (χ4v) is 2.93. The monoisotopic (exact) mass is 254 g/mol. The SMILES string of the molecule is FC1(F)CCNCC12CCN(c1cnccn1)C2. The van der Waals surface area contributed by atoms with E-state index in [1.807, 2.05) is 4.90 Å². The Balaban J connectivity index is 1.82. The third kappa shape index (κ3) is 1.75. The number of nitrogens with zero attached hydrogens (tertiary/aromatic N) is 3. The van der Waals surface area contributed by atoms with Gasteiger partial charge in [0.1, 0.15) is 5.82 Å². The molecular weight excluding hydrogens is 238 g/mol. The normalized spacial score (nSPS) is 30.9. The lowest BCUT2D eigenvalue weighted by atomic mass is 9.76. The summed E-state index contributed by atoms with van der Waals surface area (Å²) in [5.41, 5.74) is -0.942. The third-order valence-electron chi connectivity index (χ3n) is 4.08. The van der Waals surface area contributed by atoms with Crippen molar-refractivity contribution in [1.29, 1.82) is 0 Å². The Morgan fingerprint density at radius 1 is 1.28 bits per heavy atom. The Morgan fingerprint density at radius 3 is 2.89 bits per heavy atom. The van der Waals surface area contributed by atoms with Crippen molar-refractivity contribution in [3.8, 4) is 0 Å². The van der Waals surface area contributed by atoms with Gasteiger partial charge in [-0.3, -0.25) is 4.98 Å². The van der Waals surface area contributed by atoms with Gasteiger partial charge in [-0.05, 0) is 6.42 Å². The van der Waals surface area contributed by atoms with Gasteiger partial charge >= 0.3 is 0 Å². The zero-order chi connectivity index (χ0) is 12.6. The van der Waals surface area contributed by atoms with Crippen molar-refractivity contribution in [3.63, 3.8) is 0 Å². The zero-order valence-electron chi connectivity index (χ0n) is 10.1. The van der Waals surface area contributed by atoms with Crippen LogP contribution in [-0.4, -0.2) is 42.1 Å². The predicted molar refractivity (Wildman–Crippen MR) is 63.7 cm³/mol. The van der Waals surface area contributed by atoms with Crippen LogP contribution in [0.5, 0.6) is 0 Å². The summed E-state index contributed by atoms with van der Waals surface area (Å²) in [6, 6.07) is 0. The minimum Gasteiger partial charge on any atom is -0.354 e. The van der Waals surface area contributed by atoms with E-state index in [9.17, 15) is 8.78 Å². The second kappa shape index (κ2) is 4.12. The highest BCUT2D eigenvalue weighted by atomic mass is 19.3. The molecule has 0 aromatic carbocycles. The van der Waals surface area contributed by atoms with Gasteiger partial charge in [0, 0.05) is 45.0 Å². The second-order valence-corrected chi connectivity index (χ2v) is 5.15. The quantitative estimate of drug-likeness (QED) is 0.820. The Kier molecular flexibility index (Phi) is 2.69. The van der Waals surface area contributed by atoms with Gasteiger partial charge in [-0.25, -0.2) is 13.8 Å². The second-order valence-electron chi connectivity index (χ2n) is 5.15. The van der Waals surface area contributed by atoms with E-state index < -0.39 is 11.3 Å². The minimum absolute atomic E-state index is 0.0681. The Hall–Kier alpha value is -1.30. The maximum Gasteiger partial charge on any atom is 0.257 e. The molecule has 1 aromatic heterocycles. The van der Waals surface area contributed by atoms with Crippen LogP contribution >= 0.6 is 0 Å². The summed E-state index contributed by atoms with van der Waals surface area (Å²) >= 11 is 0. The van der Waals surface area contributed by atoms with Gasteiger partial charge in [-0.2, -0.15) is 0 Å². The summed E-state index contributed by atoms with van der Waals surface area (Å²) in [4.78, 5) is 10.1. The van der Waals surface area contributed by atoms with Crippen LogP contribution in [0.15, 0.2) is 18.6 Å². The van der Waals surface area contributed by atoms with E-state index in [1.54, 1.807) is 18.6 Å². The van der Waals surface area contributed by atoms with Crippen molar-refractivity contribution in [2.24, 2.45) is 5.41 Å². The molecule has 6 heteroatoms. The number of aromatic nitrogens is 2. The molecule has 0 saturated carbocycles. The summed E-state index contributed by atoms with van der Waals surface area (Å²) in [6.07, 6.45) is 5.25. The van der Waals surface area contributed by atoms with Crippen molar-refractivity contribution < 1.29 is 8.78 Å². The van der Waals surface area contributed by atoms with Crippen LogP contribution in [0.4, 0.5) is 14.6 Å². The molecule has 1 atom stereocenters. The van der Waals surface area contributed by atoms with E-state index in [0.717, 1.165) is 0 Å². The smallest absolute Gasteiger partial charge is 0.257 e. The first-order valence-electron chi connectivity index (χ1n) is 6.23. The van der Waals surface area contributed by atoms with Gasteiger partial charge in [0.05, 0.1) is 11.6 Å². The Labute approximate surface area is 104 Å². The first-order valence-corrected chi connectivity index (χ1v) is 6.23. The number of anilines is 1. The molecule has 2 aliphatic heterocycles. The number of alkyl halides is 2. The molecule has 0 amide bonds. The highest BCUT2D eigenvalue weighted by Gasteiger charge is 2.57. The summed E-state index contributed by atoms with van der Waals surface area (Å²) in [6.45, 7) is 1.76. The van der Waals surface area contributed by atoms with Crippen molar-refractivity contribution in [1.82, 2.24) is 15.3 Å². The molecule has 2 fully saturated rings. The van der Waals surface area contributed by atoms with Crippen molar-refractivity contribution in [3.05, 3.63) is 18.6 Å². The topological polar surface area (TPSA) is 41.0 Å². The molecule has 1 aromatic rings. The number of hydrogen-bond acceptors (Lipinski definition) is 4. The van der Waals surface area contributed by atoms with Crippen molar-refractivity contribution in [2.75, 3.05) is 31.1 Å².